The van der Waals surface area contributed by atoms with Gasteiger partial charge in [0.1, 0.15) is 29.0 Å². The average Bonchev–Trinajstić information content (AvgIpc) is 2.36. The van der Waals surface area contributed by atoms with Crippen LogP contribution in [0.4, 0.5) is 29.3 Å². The first-order valence-electron chi connectivity index (χ1n) is 5.60. The van der Waals surface area contributed by atoms with Crippen LogP contribution in [0.2, 0.25) is 0 Å². The summed E-state index contributed by atoms with van der Waals surface area (Å²) in [5.41, 5.74) is 9.99. The second-order valence-corrected chi connectivity index (χ2v) is 3.99. The van der Waals surface area contributed by atoms with Gasteiger partial charge in [-0.2, -0.15) is 10.2 Å². The molecule has 0 aliphatic rings. The van der Waals surface area contributed by atoms with E-state index in [1.807, 2.05) is 0 Å². The van der Waals surface area contributed by atoms with Crippen molar-refractivity contribution >= 4 is 11.8 Å². The van der Waals surface area contributed by atoms with Crippen LogP contribution in [0.15, 0.2) is 18.2 Å². The number of nitriles is 1. The minimum atomic E-state index is -5.06. The highest BCUT2D eigenvalue weighted by molar-refractivity contribution is 5.77. The van der Waals surface area contributed by atoms with Crippen LogP contribution >= 0.6 is 0 Å². The summed E-state index contributed by atoms with van der Waals surface area (Å²) in [6, 6.07) is 4.02. The summed E-state index contributed by atoms with van der Waals surface area (Å²) in [6.07, 6.45) is -5.06. The first kappa shape index (κ1) is 15.3. The molecule has 0 aliphatic heterocycles. The van der Waals surface area contributed by atoms with Crippen LogP contribution in [0, 0.1) is 17.1 Å². The molecular weight excluding hydrogens is 306 g/mol. The lowest BCUT2D eigenvalue weighted by atomic mass is 10.1. The van der Waals surface area contributed by atoms with Gasteiger partial charge in [0.05, 0.1) is 5.69 Å². The Morgan fingerprint density at radius 2 is 1.86 bits per heavy atom. The number of rotatable bonds is 2. The Hall–Kier alpha value is -3.09. The maximum atomic E-state index is 13.2. The molecule has 4 N–H and O–H groups in total. The van der Waals surface area contributed by atoms with Crippen LogP contribution < -0.4 is 16.2 Å². The third-order valence-corrected chi connectivity index (χ3v) is 2.49. The van der Waals surface area contributed by atoms with Gasteiger partial charge in [-0.25, -0.2) is 9.37 Å². The molecule has 6 nitrogen and oxygen atoms in total. The molecule has 0 amide bonds. The van der Waals surface area contributed by atoms with Crippen LogP contribution in [0.25, 0.3) is 11.3 Å². The monoisotopic (exact) mass is 313 g/mol. The number of nitrogens with two attached hydrogens (primary N) is 2. The number of nitrogen functional groups attached to an aromatic ring is 2. The molecule has 0 unspecified atom stereocenters. The molecule has 2 rings (SSSR count). The highest BCUT2D eigenvalue weighted by Gasteiger charge is 2.33. The van der Waals surface area contributed by atoms with Crippen molar-refractivity contribution in [3.63, 3.8) is 0 Å². The third kappa shape index (κ3) is 3.14. The van der Waals surface area contributed by atoms with E-state index in [0.29, 0.717) is 6.07 Å². The van der Waals surface area contributed by atoms with E-state index in [0.717, 1.165) is 12.1 Å². The molecule has 0 saturated heterocycles. The number of aromatic nitrogens is 2. The zero-order valence-corrected chi connectivity index (χ0v) is 10.6. The molecule has 114 valence electrons. The Morgan fingerprint density at radius 3 is 2.45 bits per heavy atom. The summed E-state index contributed by atoms with van der Waals surface area (Å²) in [7, 11) is 0. The van der Waals surface area contributed by atoms with Crippen molar-refractivity contribution in [2.45, 2.75) is 6.36 Å². The number of ether oxygens (including phenoxy) is 1. The van der Waals surface area contributed by atoms with E-state index in [9.17, 15) is 17.6 Å². The fraction of sp³-hybridized carbons (Fsp3) is 0.0833. The van der Waals surface area contributed by atoms with Crippen LogP contribution in [0.3, 0.4) is 0 Å². The van der Waals surface area contributed by atoms with Gasteiger partial charge in [-0.05, 0) is 12.1 Å². The third-order valence-electron chi connectivity index (χ3n) is 2.49. The molecule has 10 heteroatoms. The number of hydrogen-bond acceptors (Lipinski definition) is 6. The number of halogens is 4. The first-order valence-corrected chi connectivity index (χ1v) is 5.60. The molecule has 0 radical (unpaired) electrons. The van der Waals surface area contributed by atoms with E-state index < -0.39 is 17.9 Å². The molecule has 22 heavy (non-hydrogen) atoms. The lowest BCUT2D eigenvalue weighted by molar-refractivity contribution is -0.274. The SMILES string of the molecule is N#Cc1c(N)nc(N)nc1-c1ccc(F)cc1OC(F)(F)F. The lowest BCUT2D eigenvalue weighted by Gasteiger charge is -2.14. The quantitative estimate of drug-likeness (QED) is 0.822. The van der Waals surface area contributed by atoms with Crippen LogP contribution in [0.5, 0.6) is 5.75 Å². The van der Waals surface area contributed by atoms with Gasteiger partial charge in [0.15, 0.2) is 0 Å². The van der Waals surface area contributed by atoms with Crippen molar-refractivity contribution in [2.75, 3.05) is 11.5 Å². The number of nitrogens with zero attached hydrogens (tertiary/aromatic N) is 3. The summed E-state index contributed by atoms with van der Waals surface area (Å²) in [4.78, 5) is 7.23. The summed E-state index contributed by atoms with van der Waals surface area (Å²) in [6.45, 7) is 0. The fourth-order valence-corrected chi connectivity index (χ4v) is 1.70. The van der Waals surface area contributed by atoms with Crippen molar-refractivity contribution in [2.24, 2.45) is 0 Å². The van der Waals surface area contributed by atoms with E-state index in [-0.39, 0.29) is 28.6 Å². The minimum Gasteiger partial charge on any atom is -0.405 e. The first-order chi connectivity index (χ1) is 10.2. The van der Waals surface area contributed by atoms with Gasteiger partial charge in [-0.1, -0.05) is 0 Å². The Bertz CT molecular complexity index is 769. The van der Waals surface area contributed by atoms with Gasteiger partial charge in [0.2, 0.25) is 5.95 Å². The molecule has 0 fully saturated rings. The highest BCUT2D eigenvalue weighted by Crippen LogP contribution is 2.36. The molecule has 0 atom stereocenters. The number of alkyl halides is 3. The Labute approximate surface area is 121 Å². The van der Waals surface area contributed by atoms with Gasteiger partial charge < -0.3 is 16.2 Å². The molecule has 0 bridgehead atoms. The van der Waals surface area contributed by atoms with Gasteiger partial charge in [0, 0.05) is 11.6 Å². The smallest absolute Gasteiger partial charge is 0.405 e. The summed E-state index contributed by atoms with van der Waals surface area (Å²) in [5, 5.41) is 9.04. The largest absolute Gasteiger partial charge is 0.573 e. The predicted molar refractivity (Wildman–Crippen MR) is 67.6 cm³/mol. The molecule has 1 aromatic heterocycles. The van der Waals surface area contributed by atoms with Crippen molar-refractivity contribution in [3.8, 4) is 23.1 Å². The summed E-state index contributed by atoms with van der Waals surface area (Å²) < 4.78 is 54.2. The lowest BCUT2D eigenvalue weighted by Crippen LogP contribution is -2.18. The maximum absolute atomic E-state index is 13.2. The molecule has 0 aliphatic carbocycles. The molecule has 2 aromatic rings. The van der Waals surface area contributed by atoms with E-state index >= 15 is 0 Å². The van der Waals surface area contributed by atoms with Crippen LogP contribution in [0.1, 0.15) is 5.56 Å². The number of anilines is 2. The second kappa shape index (κ2) is 5.36. The molecule has 0 saturated carbocycles. The number of benzene rings is 1. The van der Waals surface area contributed by atoms with Gasteiger partial charge >= 0.3 is 6.36 Å². The Kier molecular flexibility index (Phi) is 3.73. The summed E-state index contributed by atoms with van der Waals surface area (Å²) >= 11 is 0. The van der Waals surface area contributed by atoms with Gasteiger partial charge in [-0.15, -0.1) is 13.2 Å². The molecule has 1 heterocycles. The fourth-order valence-electron chi connectivity index (χ4n) is 1.70. The Morgan fingerprint density at radius 1 is 1.18 bits per heavy atom. The maximum Gasteiger partial charge on any atom is 0.573 e. The normalized spacial score (nSPS) is 11.0. The van der Waals surface area contributed by atoms with Crippen molar-refractivity contribution < 1.29 is 22.3 Å². The van der Waals surface area contributed by atoms with Crippen molar-refractivity contribution in [1.29, 1.82) is 5.26 Å². The van der Waals surface area contributed by atoms with E-state index in [1.54, 1.807) is 6.07 Å². The standard InChI is InChI=1S/C12H7F4N5O/c13-5-1-2-6(8(3-5)22-12(14,15)16)9-7(4-17)10(18)21-11(19)20-9/h1-3H,(H4,18,19,20,21). The highest BCUT2D eigenvalue weighted by atomic mass is 19.4. The van der Waals surface area contributed by atoms with Crippen molar-refractivity contribution in [3.05, 3.63) is 29.6 Å². The topological polar surface area (TPSA) is 111 Å². The van der Waals surface area contributed by atoms with Gasteiger partial charge in [0.25, 0.3) is 0 Å². The van der Waals surface area contributed by atoms with E-state index in [2.05, 4.69) is 14.7 Å². The predicted octanol–water partition coefficient (Wildman–Crippen LogP) is 2.22. The number of hydrogen-bond donors (Lipinski definition) is 2. The van der Waals surface area contributed by atoms with Crippen LogP contribution in [-0.4, -0.2) is 16.3 Å². The van der Waals surface area contributed by atoms with Gasteiger partial charge in [-0.3, -0.25) is 0 Å². The summed E-state index contributed by atoms with van der Waals surface area (Å²) in [5.74, 6) is -2.50. The van der Waals surface area contributed by atoms with E-state index in [4.69, 9.17) is 16.7 Å². The zero-order valence-electron chi connectivity index (χ0n) is 10.6. The van der Waals surface area contributed by atoms with E-state index in [1.165, 1.54) is 0 Å². The molecule has 0 spiro atoms. The second-order valence-electron chi connectivity index (χ2n) is 3.99. The van der Waals surface area contributed by atoms with Crippen molar-refractivity contribution in [1.82, 2.24) is 9.97 Å². The molecule has 1 aromatic carbocycles. The zero-order chi connectivity index (χ0) is 16.5. The molecular formula is C12H7F4N5O. The Balaban J connectivity index is 2.71. The van der Waals surface area contributed by atoms with Crippen LogP contribution in [-0.2, 0) is 0 Å². The minimum absolute atomic E-state index is 0.285. The average molecular weight is 313 g/mol.